The minimum atomic E-state index is -3.72. The second-order valence-electron chi connectivity index (χ2n) is 11.3. The molecular formula is C35H42N4O7S. The second-order valence-corrected chi connectivity index (χ2v) is 13.3. The molecule has 4 atom stereocenters. The van der Waals surface area contributed by atoms with Gasteiger partial charge in [0, 0.05) is 23.7 Å². The van der Waals surface area contributed by atoms with Crippen molar-refractivity contribution < 1.29 is 32.3 Å². The largest absolute Gasteiger partial charge is 0.497 e. The van der Waals surface area contributed by atoms with Crippen LogP contribution in [-0.2, 0) is 16.4 Å². The molecule has 0 saturated heterocycles. The maximum absolute atomic E-state index is 13.8. The number of carbonyl (C=O) groups is 2. The molecule has 1 aromatic heterocycles. The smallest absolute Gasteiger partial charge is 0.251 e. The van der Waals surface area contributed by atoms with E-state index in [1.807, 2.05) is 61.5 Å². The lowest BCUT2D eigenvalue weighted by Crippen LogP contribution is -2.49. The van der Waals surface area contributed by atoms with Crippen molar-refractivity contribution in [3.05, 3.63) is 119 Å². The van der Waals surface area contributed by atoms with Crippen molar-refractivity contribution in [2.24, 2.45) is 0 Å². The van der Waals surface area contributed by atoms with Gasteiger partial charge in [0.1, 0.15) is 11.5 Å². The third-order valence-corrected chi connectivity index (χ3v) is 9.06. The third kappa shape index (κ3) is 10.2. The van der Waals surface area contributed by atoms with E-state index < -0.39 is 40.0 Å². The van der Waals surface area contributed by atoms with Crippen molar-refractivity contribution >= 4 is 27.5 Å². The van der Waals surface area contributed by atoms with E-state index >= 15 is 0 Å². The van der Waals surface area contributed by atoms with E-state index in [4.69, 9.17) is 9.15 Å². The summed E-state index contributed by atoms with van der Waals surface area (Å²) < 4.78 is 37.9. The molecule has 0 aliphatic carbocycles. The van der Waals surface area contributed by atoms with Crippen LogP contribution in [0.3, 0.4) is 0 Å². The molecule has 2 amide bonds. The first-order valence-corrected chi connectivity index (χ1v) is 17.0. The minimum absolute atomic E-state index is 0.0435. The van der Waals surface area contributed by atoms with Gasteiger partial charge in [-0.1, -0.05) is 42.5 Å². The van der Waals surface area contributed by atoms with E-state index in [2.05, 4.69) is 20.7 Å². The van der Waals surface area contributed by atoms with E-state index in [0.717, 1.165) is 16.9 Å². The Balaban J connectivity index is 1.56. The number of methoxy groups -OCH3 is 1. The van der Waals surface area contributed by atoms with E-state index in [0.29, 0.717) is 12.2 Å². The van der Waals surface area contributed by atoms with Crippen LogP contribution < -0.4 is 25.4 Å². The molecule has 0 bridgehead atoms. The minimum Gasteiger partial charge on any atom is -0.497 e. The fraction of sp³-hybridized carbons (Fsp3) is 0.314. The lowest BCUT2D eigenvalue weighted by molar-refractivity contribution is 0.0825. The van der Waals surface area contributed by atoms with Crippen LogP contribution in [0.5, 0.6) is 5.75 Å². The zero-order valence-corrected chi connectivity index (χ0v) is 27.7. The highest BCUT2D eigenvalue weighted by atomic mass is 32.2. The quantitative estimate of drug-likeness (QED) is 0.117. The molecule has 0 spiro atoms. The molecule has 4 rings (SSSR count). The number of aliphatic hydroxyl groups excluding tert-OH is 1. The first kappa shape index (κ1) is 35.2. The topological polar surface area (TPSA) is 159 Å². The summed E-state index contributed by atoms with van der Waals surface area (Å²) in [5, 5.41) is 20.4. The SMILES string of the molecule is CCS(=O)(=O)Nc1cc(C(=O)NC(C)c2ccco2)cc(C(=O)N[C@@H](Cc2ccccc2)[C@H](O)CN[C@H](C)c2ccc(OC)cc2)c1. The Morgan fingerprint density at radius 3 is 2.13 bits per heavy atom. The maximum atomic E-state index is 13.8. The lowest BCUT2D eigenvalue weighted by atomic mass is 9.99. The predicted molar refractivity (Wildman–Crippen MR) is 181 cm³/mol. The van der Waals surface area contributed by atoms with Crippen LogP contribution in [0.25, 0.3) is 0 Å². The fourth-order valence-corrected chi connectivity index (χ4v) is 5.56. The normalized spacial score (nSPS) is 14.0. The third-order valence-electron chi connectivity index (χ3n) is 7.76. The zero-order valence-electron chi connectivity index (χ0n) is 26.9. The molecule has 3 aromatic carbocycles. The molecular weight excluding hydrogens is 620 g/mol. The van der Waals surface area contributed by atoms with E-state index in [1.54, 1.807) is 26.2 Å². The average Bonchev–Trinajstić information content (AvgIpc) is 3.62. The van der Waals surface area contributed by atoms with Gasteiger partial charge < -0.3 is 30.2 Å². The second kappa shape index (κ2) is 16.3. The molecule has 11 nitrogen and oxygen atoms in total. The fourth-order valence-electron chi connectivity index (χ4n) is 4.94. The van der Waals surface area contributed by atoms with Gasteiger partial charge in [0.2, 0.25) is 10.0 Å². The Hall–Kier alpha value is -4.65. The Labute approximate surface area is 275 Å². The number of hydrogen-bond acceptors (Lipinski definition) is 8. The first-order chi connectivity index (χ1) is 22.5. The molecule has 12 heteroatoms. The molecule has 0 radical (unpaired) electrons. The van der Waals surface area contributed by atoms with Gasteiger partial charge in [0.05, 0.1) is 43.0 Å². The highest BCUT2D eigenvalue weighted by Crippen LogP contribution is 2.21. The number of sulfonamides is 1. The zero-order chi connectivity index (χ0) is 34.0. The number of aliphatic hydroxyl groups is 1. The number of ether oxygens (including phenoxy) is 1. The summed E-state index contributed by atoms with van der Waals surface area (Å²) in [7, 11) is -2.12. The molecule has 0 fully saturated rings. The van der Waals surface area contributed by atoms with Crippen LogP contribution in [0, 0.1) is 0 Å². The Bertz CT molecular complexity index is 1710. The highest BCUT2D eigenvalue weighted by Gasteiger charge is 2.25. The summed E-state index contributed by atoms with van der Waals surface area (Å²) in [4.78, 5) is 27.0. The van der Waals surface area contributed by atoms with Gasteiger partial charge in [0.25, 0.3) is 11.8 Å². The van der Waals surface area contributed by atoms with Crippen molar-refractivity contribution in [2.45, 2.75) is 51.4 Å². The van der Waals surface area contributed by atoms with Gasteiger partial charge in [0.15, 0.2) is 0 Å². The monoisotopic (exact) mass is 662 g/mol. The van der Waals surface area contributed by atoms with Crippen LogP contribution in [0.4, 0.5) is 5.69 Å². The average molecular weight is 663 g/mol. The summed E-state index contributed by atoms with van der Waals surface area (Å²) in [6.45, 7) is 5.37. The molecule has 4 aromatic rings. The van der Waals surface area contributed by atoms with Gasteiger partial charge in [-0.2, -0.15) is 0 Å². The van der Waals surface area contributed by atoms with Gasteiger partial charge in [-0.15, -0.1) is 0 Å². The first-order valence-electron chi connectivity index (χ1n) is 15.4. The van der Waals surface area contributed by atoms with Gasteiger partial charge >= 0.3 is 0 Å². The summed E-state index contributed by atoms with van der Waals surface area (Å²) >= 11 is 0. The standard InChI is InChI=1S/C35H42N4O7S/c1-5-47(43,44)39-29-20-27(34(41)37-24(3)33-12-9-17-46-33)19-28(21-29)35(42)38-31(18-25-10-7-6-8-11-25)32(40)22-36-23(2)26-13-15-30(45-4)16-14-26/h6-17,19-21,23-24,31-32,36,39-40H,5,18,22H2,1-4H3,(H,37,41)(H,38,42)/t23-,24?,31+,32-/m1/s1. The van der Waals surface area contributed by atoms with Crippen LogP contribution in [0.2, 0.25) is 0 Å². The number of amides is 2. The predicted octanol–water partition coefficient (Wildman–Crippen LogP) is 4.59. The maximum Gasteiger partial charge on any atom is 0.251 e. The van der Waals surface area contributed by atoms with Crippen LogP contribution >= 0.6 is 0 Å². The van der Waals surface area contributed by atoms with Crippen molar-refractivity contribution in [1.82, 2.24) is 16.0 Å². The number of anilines is 1. The van der Waals surface area contributed by atoms with Gasteiger partial charge in [-0.25, -0.2) is 8.42 Å². The van der Waals surface area contributed by atoms with Crippen molar-refractivity contribution in [3.8, 4) is 5.75 Å². The summed E-state index contributed by atoms with van der Waals surface area (Å²) in [6.07, 6.45) is 0.817. The number of nitrogens with one attached hydrogen (secondary N) is 4. The van der Waals surface area contributed by atoms with Crippen LogP contribution in [-0.4, -0.2) is 56.9 Å². The molecule has 0 aliphatic heterocycles. The highest BCUT2D eigenvalue weighted by molar-refractivity contribution is 7.92. The van der Waals surface area contributed by atoms with Crippen molar-refractivity contribution in [3.63, 3.8) is 0 Å². The van der Waals surface area contributed by atoms with E-state index in [-0.39, 0.29) is 35.2 Å². The van der Waals surface area contributed by atoms with Crippen molar-refractivity contribution in [1.29, 1.82) is 0 Å². The molecule has 0 aliphatic rings. The van der Waals surface area contributed by atoms with E-state index in [9.17, 15) is 23.1 Å². The number of hydrogen-bond donors (Lipinski definition) is 5. The Morgan fingerprint density at radius 2 is 1.53 bits per heavy atom. The number of benzene rings is 3. The molecule has 1 unspecified atom stereocenters. The summed E-state index contributed by atoms with van der Waals surface area (Å²) in [5.74, 6) is -0.0389. The lowest BCUT2D eigenvalue weighted by Gasteiger charge is -2.26. The Morgan fingerprint density at radius 1 is 0.872 bits per heavy atom. The van der Waals surface area contributed by atoms with Gasteiger partial charge in [-0.05, 0) is 80.8 Å². The number of furan rings is 1. The van der Waals surface area contributed by atoms with E-state index in [1.165, 1.54) is 31.4 Å². The number of carbonyl (C=O) groups excluding carboxylic acids is 2. The van der Waals surface area contributed by atoms with Crippen LogP contribution in [0.1, 0.15) is 70.5 Å². The summed E-state index contributed by atoms with van der Waals surface area (Å²) in [6, 6.07) is 23.3. The molecule has 5 N–H and O–H groups in total. The molecule has 0 saturated carbocycles. The van der Waals surface area contributed by atoms with Gasteiger partial charge in [-0.3, -0.25) is 14.3 Å². The van der Waals surface area contributed by atoms with Crippen molar-refractivity contribution in [2.75, 3.05) is 24.1 Å². The number of rotatable bonds is 16. The molecule has 250 valence electrons. The Kier molecular flexibility index (Phi) is 12.2. The molecule has 1 heterocycles. The summed E-state index contributed by atoms with van der Waals surface area (Å²) in [5.41, 5.74) is 2.07. The van der Waals surface area contributed by atoms with Crippen LogP contribution in [0.15, 0.2) is 95.6 Å². The molecule has 47 heavy (non-hydrogen) atoms.